The Hall–Kier alpha value is -1.79. The average Bonchev–Trinajstić information content (AvgIpc) is 3.05. The molecule has 4 nitrogen and oxygen atoms in total. The number of thioether (sulfide) groups is 1. The molecule has 1 aliphatic carbocycles. The number of aromatic nitrogens is 2. The van der Waals surface area contributed by atoms with Crippen LogP contribution >= 0.6 is 23.1 Å². The van der Waals surface area contributed by atoms with Gasteiger partial charge >= 0.3 is 0 Å². The van der Waals surface area contributed by atoms with Crippen molar-refractivity contribution in [3.8, 4) is 11.5 Å². The van der Waals surface area contributed by atoms with E-state index in [9.17, 15) is 0 Å². The SMILES string of the molecule is COc1cccc(OCCSc2ncnc3sc4c(c23)CCCC4)c1. The molecule has 130 valence electrons. The maximum atomic E-state index is 5.83. The zero-order chi connectivity index (χ0) is 17.1. The minimum Gasteiger partial charge on any atom is -0.497 e. The Kier molecular flexibility index (Phi) is 5.08. The summed E-state index contributed by atoms with van der Waals surface area (Å²) in [5.41, 5.74) is 1.49. The number of fused-ring (bicyclic) bond motifs is 3. The average molecular weight is 373 g/mol. The van der Waals surface area contributed by atoms with Gasteiger partial charge in [-0.15, -0.1) is 23.1 Å². The number of benzene rings is 1. The van der Waals surface area contributed by atoms with E-state index in [0.29, 0.717) is 6.61 Å². The predicted octanol–water partition coefficient (Wildman–Crippen LogP) is 4.75. The van der Waals surface area contributed by atoms with Gasteiger partial charge in [0.1, 0.15) is 27.7 Å². The molecule has 4 rings (SSSR count). The van der Waals surface area contributed by atoms with Crippen LogP contribution in [0.3, 0.4) is 0 Å². The second-order valence-corrected chi connectivity index (χ2v) is 8.11. The maximum absolute atomic E-state index is 5.83. The van der Waals surface area contributed by atoms with Crippen molar-refractivity contribution in [2.45, 2.75) is 30.7 Å². The zero-order valence-corrected chi connectivity index (χ0v) is 15.8. The second-order valence-electron chi connectivity index (χ2n) is 5.95. The minimum absolute atomic E-state index is 0.635. The van der Waals surface area contributed by atoms with Gasteiger partial charge in [-0.25, -0.2) is 9.97 Å². The molecule has 0 amide bonds. The molecule has 2 aromatic heterocycles. The normalized spacial score (nSPS) is 13.6. The van der Waals surface area contributed by atoms with Crippen molar-refractivity contribution in [3.05, 3.63) is 41.0 Å². The molecule has 0 N–H and O–H groups in total. The summed E-state index contributed by atoms with van der Waals surface area (Å²) in [4.78, 5) is 11.7. The highest BCUT2D eigenvalue weighted by molar-refractivity contribution is 7.99. The molecule has 6 heteroatoms. The number of nitrogens with zero attached hydrogens (tertiary/aromatic N) is 2. The summed E-state index contributed by atoms with van der Waals surface area (Å²) < 4.78 is 11.1. The maximum Gasteiger partial charge on any atom is 0.128 e. The summed E-state index contributed by atoms with van der Waals surface area (Å²) in [6.07, 6.45) is 6.62. The van der Waals surface area contributed by atoms with Crippen LogP contribution in [0.4, 0.5) is 0 Å². The first-order valence-corrected chi connectivity index (χ1v) is 10.3. The minimum atomic E-state index is 0.635. The van der Waals surface area contributed by atoms with Gasteiger partial charge < -0.3 is 9.47 Å². The lowest BCUT2D eigenvalue weighted by molar-refractivity contribution is 0.339. The zero-order valence-electron chi connectivity index (χ0n) is 14.2. The van der Waals surface area contributed by atoms with Gasteiger partial charge in [0.15, 0.2) is 0 Å². The fourth-order valence-electron chi connectivity index (χ4n) is 3.16. The van der Waals surface area contributed by atoms with Crippen LogP contribution in [-0.2, 0) is 12.8 Å². The molecular weight excluding hydrogens is 352 g/mol. The summed E-state index contributed by atoms with van der Waals surface area (Å²) >= 11 is 3.60. The first kappa shape index (κ1) is 16.7. The van der Waals surface area contributed by atoms with Gasteiger partial charge in [0, 0.05) is 22.1 Å². The molecule has 1 aromatic carbocycles. The third-order valence-corrected chi connectivity index (χ3v) is 6.50. The molecule has 1 aliphatic rings. The van der Waals surface area contributed by atoms with Crippen LogP contribution in [0.1, 0.15) is 23.3 Å². The topological polar surface area (TPSA) is 44.2 Å². The summed E-state index contributed by atoms with van der Waals surface area (Å²) in [7, 11) is 1.66. The number of ether oxygens (including phenoxy) is 2. The summed E-state index contributed by atoms with van der Waals surface area (Å²) in [5, 5.41) is 2.38. The highest BCUT2D eigenvalue weighted by Crippen LogP contribution is 2.39. The van der Waals surface area contributed by atoms with E-state index in [4.69, 9.17) is 9.47 Å². The van der Waals surface area contributed by atoms with Crippen molar-refractivity contribution < 1.29 is 9.47 Å². The molecule has 0 aliphatic heterocycles. The summed E-state index contributed by atoms with van der Waals surface area (Å²) in [6.45, 7) is 0.635. The van der Waals surface area contributed by atoms with E-state index in [1.165, 1.54) is 35.1 Å². The second kappa shape index (κ2) is 7.62. The van der Waals surface area contributed by atoms with Gasteiger partial charge in [-0.05, 0) is 43.4 Å². The van der Waals surface area contributed by atoms with Crippen LogP contribution < -0.4 is 9.47 Å². The van der Waals surface area contributed by atoms with Gasteiger partial charge in [-0.2, -0.15) is 0 Å². The van der Waals surface area contributed by atoms with Gasteiger partial charge in [-0.1, -0.05) is 6.07 Å². The molecule has 25 heavy (non-hydrogen) atoms. The third kappa shape index (κ3) is 3.60. The number of hydrogen-bond acceptors (Lipinski definition) is 6. The Morgan fingerprint density at radius 3 is 2.96 bits per heavy atom. The van der Waals surface area contributed by atoms with Gasteiger partial charge in [0.2, 0.25) is 0 Å². The van der Waals surface area contributed by atoms with Crippen LogP contribution in [0.15, 0.2) is 35.6 Å². The Bertz CT molecular complexity index is 879. The van der Waals surface area contributed by atoms with E-state index >= 15 is 0 Å². The van der Waals surface area contributed by atoms with Gasteiger partial charge in [0.05, 0.1) is 13.7 Å². The van der Waals surface area contributed by atoms with Crippen LogP contribution in [0.2, 0.25) is 0 Å². The predicted molar refractivity (Wildman–Crippen MR) is 103 cm³/mol. The monoisotopic (exact) mass is 372 g/mol. The number of aryl methyl sites for hydroxylation is 2. The molecule has 0 atom stereocenters. The van der Waals surface area contributed by atoms with E-state index in [2.05, 4.69) is 9.97 Å². The first-order valence-electron chi connectivity index (χ1n) is 8.50. The van der Waals surface area contributed by atoms with Crippen molar-refractivity contribution in [2.24, 2.45) is 0 Å². The van der Waals surface area contributed by atoms with E-state index < -0.39 is 0 Å². The van der Waals surface area contributed by atoms with Crippen LogP contribution in [0.5, 0.6) is 11.5 Å². The molecule has 3 aromatic rings. The number of rotatable bonds is 6. The largest absolute Gasteiger partial charge is 0.497 e. The van der Waals surface area contributed by atoms with Crippen molar-refractivity contribution in [3.63, 3.8) is 0 Å². The summed E-state index contributed by atoms with van der Waals surface area (Å²) in [6, 6.07) is 7.71. The fourth-order valence-corrected chi connectivity index (χ4v) is 5.30. The molecule has 0 radical (unpaired) electrons. The van der Waals surface area contributed by atoms with Gasteiger partial charge in [-0.3, -0.25) is 0 Å². The van der Waals surface area contributed by atoms with Crippen molar-refractivity contribution >= 4 is 33.3 Å². The Balaban J connectivity index is 1.43. The molecule has 2 heterocycles. The van der Waals surface area contributed by atoms with Crippen molar-refractivity contribution in [1.29, 1.82) is 0 Å². The first-order chi connectivity index (χ1) is 12.3. The lowest BCUT2D eigenvalue weighted by Gasteiger charge is -2.11. The lowest BCUT2D eigenvalue weighted by Crippen LogP contribution is -2.02. The van der Waals surface area contributed by atoms with Crippen LogP contribution in [-0.4, -0.2) is 29.4 Å². The van der Waals surface area contributed by atoms with E-state index in [1.54, 1.807) is 25.2 Å². The van der Waals surface area contributed by atoms with Crippen molar-refractivity contribution in [1.82, 2.24) is 9.97 Å². The Morgan fingerprint density at radius 1 is 1.16 bits per heavy atom. The van der Waals surface area contributed by atoms with Crippen molar-refractivity contribution in [2.75, 3.05) is 19.5 Å². The highest BCUT2D eigenvalue weighted by atomic mass is 32.2. The Labute approximate surface area is 155 Å². The molecular formula is C19H20N2O2S2. The fraction of sp³-hybridized carbons (Fsp3) is 0.368. The number of hydrogen-bond donors (Lipinski definition) is 0. The smallest absolute Gasteiger partial charge is 0.128 e. The van der Waals surface area contributed by atoms with Gasteiger partial charge in [0.25, 0.3) is 0 Å². The molecule has 0 spiro atoms. The van der Waals surface area contributed by atoms with Crippen LogP contribution in [0, 0.1) is 0 Å². The third-order valence-electron chi connectivity index (χ3n) is 4.35. The quantitative estimate of drug-likeness (QED) is 0.355. The van der Waals surface area contributed by atoms with E-state index in [1.807, 2.05) is 35.6 Å². The molecule has 0 bridgehead atoms. The molecule has 0 fully saturated rings. The van der Waals surface area contributed by atoms with E-state index in [-0.39, 0.29) is 0 Å². The Morgan fingerprint density at radius 2 is 2.04 bits per heavy atom. The molecule has 0 saturated heterocycles. The lowest BCUT2D eigenvalue weighted by atomic mass is 9.97. The highest BCUT2D eigenvalue weighted by Gasteiger charge is 2.19. The number of methoxy groups -OCH3 is 1. The van der Waals surface area contributed by atoms with E-state index in [0.717, 1.165) is 33.5 Å². The molecule has 0 saturated carbocycles. The number of thiophene rings is 1. The van der Waals surface area contributed by atoms with Crippen LogP contribution in [0.25, 0.3) is 10.2 Å². The summed E-state index contributed by atoms with van der Waals surface area (Å²) in [5.74, 6) is 2.50. The molecule has 0 unspecified atom stereocenters. The standard InChI is InChI=1S/C19H20N2O2S2/c1-22-13-5-4-6-14(11-13)23-9-10-24-18-17-15-7-2-3-8-16(15)25-19(17)21-12-20-18/h4-6,11-12H,2-3,7-10H2,1H3.